The molecule has 0 aliphatic carbocycles. The fourth-order valence-corrected chi connectivity index (χ4v) is 1.88. The second-order valence-electron chi connectivity index (χ2n) is 3.05. The van der Waals surface area contributed by atoms with Crippen LogP contribution >= 0.6 is 22.9 Å². The quantitative estimate of drug-likeness (QED) is 0.785. The highest BCUT2D eigenvalue weighted by Crippen LogP contribution is 2.26. The smallest absolute Gasteiger partial charge is 0.184 e. The largest absolute Gasteiger partial charge is 0.391 e. The summed E-state index contributed by atoms with van der Waals surface area (Å²) in [5.74, 6) is 0. The minimum atomic E-state index is -0.0547. The summed E-state index contributed by atoms with van der Waals surface area (Å²) in [4.78, 5) is 4.76. The number of rotatable bonds is 4. The van der Waals surface area contributed by atoms with Crippen LogP contribution in [0.5, 0.6) is 0 Å². The number of anilines is 1. The number of allylic oxidation sites excluding steroid dienone is 1. The van der Waals surface area contributed by atoms with Crippen molar-refractivity contribution in [2.24, 2.45) is 0 Å². The lowest BCUT2D eigenvalue weighted by molar-refractivity contribution is 0.285. The average molecular weight is 233 g/mol. The third-order valence-electron chi connectivity index (χ3n) is 1.56. The Labute approximate surface area is 92.4 Å². The van der Waals surface area contributed by atoms with Gasteiger partial charge in [0.15, 0.2) is 5.13 Å². The van der Waals surface area contributed by atoms with Crippen LogP contribution in [0.25, 0.3) is 0 Å². The molecule has 0 aliphatic rings. The summed E-state index contributed by atoms with van der Waals surface area (Å²) in [6.45, 7) is 4.75. The summed E-state index contributed by atoms with van der Waals surface area (Å²) in [6.07, 6.45) is 2.06. The van der Waals surface area contributed by atoms with Crippen molar-refractivity contribution in [2.45, 2.75) is 20.5 Å². The van der Waals surface area contributed by atoms with Crippen LogP contribution < -0.4 is 5.32 Å². The van der Waals surface area contributed by atoms with E-state index < -0.39 is 0 Å². The first kappa shape index (κ1) is 11.5. The van der Waals surface area contributed by atoms with Crippen molar-refractivity contribution in [3.63, 3.8) is 0 Å². The topological polar surface area (TPSA) is 45.2 Å². The van der Waals surface area contributed by atoms with Gasteiger partial charge in [0.05, 0.1) is 11.5 Å². The Morgan fingerprint density at radius 1 is 1.64 bits per heavy atom. The van der Waals surface area contributed by atoms with Gasteiger partial charge in [0.2, 0.25) is 0 Å². The molecule has 1 aromatic heterocycles. The Balaban J connectivity index is 2.55. The molecule has 3 nitrogen and oxygen atoms in total. The van der Waals surface area contributed by atoms with Gasteiger partial charge in [-0.25, -0.2) is 4.98 Å². The Bertz CT molecular complexity index is 332. The summed E-state index contributed by atoms with van der Waals surface area (Å²) in [6, 6.07) is 0. The molecule has 5 heteroatoms. The number of nitrogens with one attached hydrogen (secondary N) is 1. The fraction of sp³-hybridized carbons (Fsp3) is 0.444. The van der Waals surface area contributed by atoms with Gasteiger partial charge < -0.3 is 10.4 Å². The molecule has 0 saturated carbocycles. The Morgan fingerprint density at radius 3 is 2.86 bits per heavy atom. The van der Waals surface area contributed by atoms with Gasteiger partial charge >= 0.3 is 0 Å². The van der Waals surface area contributed by atoms with Gasteiger partial charge in [0, 0.05) is 6.54 Å². The molecule has 1 aromatic rings. The first-order chi connectivity index (χ1) is 6.63. The molecule has 0 radical (unpaired) electrons. The zero-order chi connectivity index (χ0) is 10.6. The van der Waals surface area contributed by atoms with Crippen LogP contribution in [-0.2, 0) is 6.61 Å². The predicted octanol–water partition coefficient (Wildman–Crippen LogP) is 2.67. The molecule has 14 heavy (non-hydrogen) atoms. The molecule has 0 bridgehead atoms. The molecule has 0 amide bonds. The molecule has 0 spiro atoms. The van der Waals surface area contributed by atoms with Gasteiger partial charge in [-0.1, -0.05) is 34.6 Å². The van der Waals surface area contributed by atoms with E-state index in [-0.39, 0.29) is 6.61 Å². The number of nitrogens with zero attached hydrogens (tertiary/aromatic N) is 1. The first-order valence-electron chi connectivity index (χ1n) is 4.26. The number of aliphatic hydroxyl groups is 1. The van der Waals surface area contributed by atoms with Crippen LogP contribution in [0.2, 0.25) is 5.15 Å². The lowest BCUT2D eigenvalue weighted by Crippen LogP contribution is -1.97. The zero-order valence-corrected chi connectivity index (χ0v) is 9.74. The molecular formula is C9H13ClN2OS. The van der Waals surface area contributed by atoms with Crippen molar-refractivity contribution < 1.29 is 5.11 Å². The van der Waals surface area contributed by atoms with Crippen molar-refractivity contribution in [2.75, 3.05) is 11.9 Å². The molecule has 1 heterocycles. The van der Waals surface area contributed by atoms with Gasteiger partial charge in [-0.2, -0.15) is 0 Å². The predicted molar refractivity (Wildman–Crippen MR) is 61.0 cm³/mol. The molecule has 78 valence electrons. The van der Waals surface area contributed by atoms with E-state index in [4.69, 9.17) is 16.7 Å². The standard InChI is InChI=1S/C9H13ClN2OS/c1-6(2)3-4-11-9-12-8(10)7(5-13)14-9/h3,13H,4-5H2,1-2H3,(H,11,12). The summed E-state index contributed by atoms with van der Waals surface area (Å²) >= 11 is 7.15. The van der Waals surface area contributed by atoms with Gasteiger partial charge in [0.25, 0.3) is 0 Å². The summed E-state index contributed by atoms with van der Waals surface area (Å²) in [5, 5.41) is 13.1. The molecule has 1 rings (SSSR count). The molecule has 0 atom stereocenters. The van der Waals surface area contributed by atoms with E-state index in [0.29, 0.717) is 10.0 Å². The van der Waals surface area contributed by atoms with E-state index in [2.05, 4.69) is 16.4 Å². The van der Waals surface area contributed by atoms with E-state index in [9.17, 15) is 0 Å². The van der Waals surface area contributed by atoms with E-state index in [1.807, 2.05) is 13.8 Å². The van der Waals surface area contributed by atoms with Crippen LogP contribution in [0.3, 0.4) is 0 Å². The fourth-order valence-electron chi connectivity index (χ4n) is 0.849. The highest BCUT2D eigenvalue weighted by atomic mass is 35.5. The first-order valence-corrected chi connectivity index (χ1v) is 5.46. The number of halogens is 1. The van der Waals surface area contributed by atoms with E-state index in [0.717, 1.165) is 11.7 Å². The number of aliphatic hydroxyl groups excluding tert-OH is 1. The molecule has 0 aromatic carbocycles. The van der Waals surface area contributed by atoms with E-state index >= 15 is 0 Å². The monoisotopic (exact) mass is 232 g/mol. The third-order valence-corrected chi connectivity index (χ3v) is 2.98. The molecule has 0 unspecified atom stereocenters. The SMILES string of the molecule is CC(C)=CCNc1nc(Cl)c(CO)s1. The number of thiazole rings is 1. The van der Waals surface area contributed by atoms with Crippen molar-refractivity contribution in [1.29, 1.82) is 0 Å². The highest BCUT2D eigenvalue weighted by molar-refractivity contribution is 7.16. The maximum absolute atomic E-state index is 8.89. The van der Waals surface area contributed by atoms with E-state index in [1.54, 1.807) is 0 Å². The van der Waals surface area contributed by atoms with Crippen molar-refractivity contribution in [3.05, 3.63) is 21.7 Å². The molecule has 0 saturated heterocycles. The van der Waals surface area contributed by atoms with Crippen LogP contribution in [0.4, 0.5) is 5.13 Å². The second-order valence-corrected chi connectivity index (χ2v) is 4.50. The minimum Gasteiger partial charge on any atom is -0.391 e. The Morgan fingerprint density at radius 2 is 2.36 bits per heavy atom. The molecule has 0 aliphatic heterocycles. The normalized spacial score (nSPS) is 10.0. The number of aromatic nitrogens is 1. The molecular weight excluding hydrogens is 220 g/mol. The van der Waals surface area contributed by atoms with Crippen LogP contribution in [0.15, 0.2) is 11.6 Å². The number of hydrogen-bond acceptors (Lipinski definition) is 4. The summed E-state index contributed by atoms with van der Waals surface area (Å²) in [7, 11) is 0. The molecule has 2 N–H and O–H groups in total. The van der Waals surface area contributed by atoms with Crippen molar-refractivity contribution >= 4 is 28.1 Å². The van der Waals surface area contributed by atoms with Crippen LogP contribution in [-0.4, -0.2) is 16.6 Å². The summed E-state index contributed by atoms with van der Waals surface area (Å²) in [5.41, 5.74) is 1.25. The van der Waals surface area contributed by atoms with Gasteiger partial charge in [0.1, 0.15) is 5.15 Å². The maximum atomic E-state index is 8.89. The summed E-state index contributed by atoms with van der Waals surface area (Å²) < 4.78 is 0. The van der Waals surface area contributed by atoms with Gasteiger partial charge in [-0.05, 0) is 13.8 Å². The highest BCUT2D eigenvalue weighted by Gasteiger charge is 2.06. The van der Waals surface area contributed by atoms with Gasteiger partial charge in [-0.15, -0.1) is 0 Å². The van der Waals surface area contributed by atoms with E-state index in [1.165, 1.54) is 16.9 Å². The number of hydrogen-bond donors (Lipinski definition) is 2. The lowest BCUT2D eigenvalue weighted by Gasteiger charge is -1.96. The second kappa shape index (κ2) is 5.34. The lowest BCUT2D eigenvalue weighted by atomic mass is 10.3. The zero-order valence-electron chi connectivity index (χ0n) is 8.17. The van der Waals surface area contributed by atoms with Crippen molar-refractivity contribution in [3.8, 4) is 0 Å². The average Bonchev–Trinajstić information content (AvgIpc) is 2.45. The van der Waals surface area contributed by atoms with Crippen LogP contribution in [0.1, 0.15) is 18.7 Å². The third kappa shape index (κ3) is 3.29. The van der Waals surface area contributed by atoms with Crippen LogP contribution in [0, 0.1) is 0 Å². The minimum absolute atomic E-state index is 0.0547. The molecule has 0 fully saturated rings. The Hall–Kier alpha value is -0.580. The van der Waals surface area contributed by atoms with Crippen molar-refractivity contribution in [1.82, 2.24) is 4.98 Å². The van der Waals surface area contributed by atoms with Gasteiger partial charge in [-0.3, -0.25) is 0 Å². The Kier molecular flexibility index (Phi) is 4.38. The maximum Gasteiger partial charge on any atom is 0.184 e.